The van der Waals surface area contributed by atoms with Crippen LogP contribution in [0.5, 0.6) is 0 Å². The van der Waals surface area contributed by atoms with E-state index in [1.165, 1.54) is 0 Å². The van der Waals surface area contributed by atoms with Gasteiger partial charge in [0.15, 0.2) is 5.96 Å². The highest BCUT2D eigenvalue weighted by atomic mass is 32.1. The zero-order valence-electron chi connectivity index (χ0n) is 18.8. The van der Waals surface area contributed by atoms with Gasteiger partial charge in [0, 0.05) is 18.7 Å². The Kier molecular flexibility index (Phi) is 14.4. The van der Waals surface area contributed by atoms with Gasteiger partial charge in [-0.2, -0.15) is 12.6 Å². The second-order valence-corrected chi connectivity index (χ2v) is 7.73. The Hall–Kier alpha value is -3.60. The first-order chi connectivity index (χ1) is 16.3. The van der Waals surface area contributed by atoms with E-state index in [0.29, 0.717) is 0 Å². The van der Waals surface area contributed by atoms with Crippen LogP contribution < -0.4 is 38.9 Å². The molecule has 0 heterocycles. The Labute approximate surface area is 206 Å². The smallest absolute Gasteiger partial charge is 0.326 e. The molecule has 4 amide bonds. The molecule has 4 unspecified atom stereocenters. The molecule has 0 aromatic rings. The van der Waals surface area contributed by atoms with E-state index in [2.05, 4.69) is 33.6 Å². The van der Waals surface area contributed by atoms with E-state index in [0.717, 1.165) is 0 Å². The molecule has 0 bridgehead atoms. The number of nitrogens with one attached hydrogen (secondary N) is 3. The zero-order valence-corrected chi connectivity index (χ0v) is 19.7. The average Bonchev–Trinajstić information content (AvgIpc) is 2.75. The highest BCUT2D eigenvalue weighted by molar-refractivity contribution is 7.80. The van der Waals surface area contributed by atoms with Crippen molar-refractivity contribution in [3.05, 3.63) is 0 Å². The first-order valence-electron chi connectivity index (χ1n) is 10.3. The summed E-state index contributed by atoms with van der Waals surface area (Å²) in [6.07, 6.45) is -1.17. The zero-order chi connectivity index (χ0) is 27.1. The fourth-order valence-corrected chi connectivity index (χ4v) is 2.88. The van der Waals surface area contributed by atoms with E-state index in [4.69, 9.17) is 28.0 Å². The molecule has 0 rings (SSSR count). The van der Waals surface area contributed by atoms with Crippen molar-refractivity contribution in [2.75, 3.05) is 12.3 Å². The number of amides is 4. The van der Waals surface area contributed by atoms with Gasteiger partial charge in [-0.25, -0.2) is 4.79 Å². The van der Waals surface area contributed by atoms with Crippen molar-refractivity contribution >= 4 is 54.2 Å². The minimum atomic E-state index is -1.43. The number of nitrogens with two attached hydrogens (primary N) is 4. The number of hydrogen-bond acceptors (Lipinski definition) is 9. The number of nitrogens with zero attached hydrogens (tertiary/aromatic N) is 1. The molecule has 0 aliphatic carbocycles. The van der Waals surface area contributed by atoms with Crippen molar-refractivity contribution in [3.63, 3.8) is 0 Å². The molecule has 0 saturated heterocycles. The maximum Gasteiger partial charge on any atom is 0.326 e. The van der Waals surface area contributed by atoms with Gasteiger partial charge in [-0.3, -0.25) is 29.0 Å². The molecule has 35 heavy (non-hydrogen) atoms. The molecule has 0 aliphatic heterocycles. The van der Waals surface area contributed by atoms with Crippen molar-refractivity contribution in [2.45, 2.75) is 56.3 Å². The van der Waals surface area contributed by atoms with Crippen LogP contribution in [0.4, 0.5) is 0 Å². The van der Waals surface area contributed by atoms with Crippen LogP contribution >= 0.6 is 12.6 Å². The fourth-order valence-electron chi connectivity index (χ4n) is 2.62. The van der Waals surface area contributed by atoms with E-state index >= 15 is 0 Å². The normalized spacial score (nSPS) is 13.9. The molecule has 0 aromatic heterocycles. The Morgan fingerprint density at radius 2 is 1.37 bits per heavy atom. The maximum atomic E-state index is 12.7. The summed E-state index contributed by atoms with van der Waals surface area (Å²) in [5.41, 5.74) is 20.9. The lowest BCUT2D eigenvalue weighted by molar-refractivity contribution is -0.142. The molecule has 198 valence electrons. The number of carbonyl (C=O) groups is 6. The van der Waals surface area contributed by atoms with Gasteiger partial charge in [-0.05, 0) is 19.3 Å². The molecule has 4 atom stereocenters. The van der Waals surface area contributed by atoms with Gasteiger partial charge in [-0.1, -0.05) is 0 Å². The van der Waals surface area contributed by atoms with Crippen molar-refractivity contribution in [1.82, 2.24) is 16.0 Å². The van der Waals surface area contributed by atoms with Crippen molar-refractivity contribution in [2.24, 2.45) is 27.9 Å². The molecule has 0 spiro atoms. The van der Waals surface area contributed by atoms with Gasteiger partial charge in [0.05, 0.1) is 12.5 Å². The first-order valence-corrected chi connectivity index (χ1v) is 11.0. The lowest BCUT2D eigenvalue weighted by atomic mass is 10.1. The number of aliphatic imine (C=N–C) groups is 1. The predicted octanol–water partition coefficient (Wildman–Crippen LogP) is -4.42. The van der Waals surface area contributed by atoms with E-state index in [1.807, 2.05) is 0 Å². The molecular weight excluding hydrogens is 488 g/mol. The summed E-state index contributed by atoms with van der Waals surface area (Å²) in [7, 11) is 0. The topological polar surface area (TPSA) is 295 Å². The second-order valence-electron chi connectivity index (χ2n) is 7.36. The molecule has 13 N–H and O–H groups in total. The van der Waals surface area contributed by atoms with Crippen LogP contribution in [0.25, 0.3) is 0 Å². The van der Waals surface area contributed by atoms with Crippen molar-refractivity contribution in [1.29, 1.82) is 0 Å². The Morgan fingerprint density at radius 3 is 1.86 bits per heavy atom. The monoisotopic (exact) mass is 520 g/mol. The minimum Gasteiger partial charge on any atom is -0.481 e. The van der Waals surface area contributed by atoms with Crippen LogP contribution in [0.2, 0.25) is 0 Å². The van der Waals surface area contributed by atoms with Crippen LogP contribution in [-0.2, 0) is 28.8 Å². The summed E-state index contributed by atoms with van der Waals surface area (Å²) in [5, 5.41) is 25.0. The van der Waals surface area contributed by atoms with Crippen molar-refractivity contribution in [3.8, 4) is 0 Å². The molecule has 0 aliphatic rings. The van der Waals surface area contributed by atoms with Crippen LogP contribution in [0.15, 0.2) is 4.99 Å². The van der Waals surface area contributed by atoms with Crippen LogP contribution in [-0.4, -0.2) is 88.2 Å². The quantitative estimate of drug-likeness (QED) is 0.0377. The largest absolute Gasteiger partial charge is 0.481 e. The van der Waals surface area contributed by atoms with E-state index in [9.17, 15) is 33.9 Å². The SMILES string of the molecule is NC(=O)CC(N)C(=O)NC(CCC(=O)O)C(=O)NC(CS)C(=O)NC(CCCN=C(N)N)C(=O)O. The first kappa shape index (κ1) is 31.4. The van der Waals surface area contributed by atoms with E-state index < -0.39 is 72.6 Å². The third kappa shape index (κ3) is 13.6. The van der Waals surface area contributed by atoms with Crippen LogP contribution in [0, 0.1) is 0 Å². The molecule has 0 aromatic carbocycles. The summed E-state index contributed by atoms with van der Waals surface area (Å²) in [6, 6.07) is -5.45. The van der Waals surface area contributed by atoms with Gasteiger partial charge in [0.2, 0.25) is 23.6 Å². The molecule has 16 nitrogen and oxygen atoms in total. The van der Waals surface area contributed by atoms with Crippen LogP contribution in [0.1, 0.15) is 32.1 Å². The lowest BCUT2D eigenvalue weighted by Gasteiger charge is -2.24. The highest BCUT2D eigenvalue weighted by Crippen LogP contribution is 2.04. The summed E-state index contributed by atoms with van der Waals surface area (Å²) in [5.74, 6) is -6.63. The van der Waals surface area contributed by atoms with Crippen molar-refractivity contribution < 1.29 is 39.0 Å². The number of carboxylic acids is 2. The Morgan fingerprint density at radius 1 is 0.829 bits per heavy atom. The summed E-state index contributed by atoms with van der Waals surface area (Å²) >= 11 is 3.98. The number of carbonyl (C=O) groups excluding carboxylic acids is 4. The Bertz CT molecular complexity index is 820. The standard InChI is InChI=1S/C18H32N8O8S/c19-8(6-12(20)27)14(30)24-9(3-4-13(28)29)15(31)26-11(7-35)16(32)25-10(17(33)34)2-1-5-23-18(21)22/h8-11,35H,1-7,19H2,(H2,20,27)(H,24,30)(H,25,32)(H,26,31)(H,28,29)(H,33,34)(H4,21,22,23). The number of primary amides is 1. The van der Waals surface area contributed by atoms with Gasteiger partial charge in [0.25, 0.3) is 0 Å². The fraction of sp³-hybridized carbons (Fsp3) is 0.611. The number of hydrogen-bond donors (Lipinski definition) is 10. The summed E-state index contributed by atoms with van der Waals surface area (Å²) in [4.78, 5) is 74.4. The maximum absolute atomic E-state index is 12.7. The lowest BCUT2D eigenvalue weighted by Crippen LogP contribution is -2.57. The molecular formula is C18H32N8O8S. The molecule has 0 fully saturated rings. The number of thiol groups is 1. The number of rotatable bonds is 17. The third-order valence-electron chi connectivity index (χ3n) is 4.41. The summed E-state index contributed by atoms with van der Waals surface area (Å²) < 4.78 is 0. The predicted molar refractivity (Wildman–Crippen MR) is 126 cm³/mol. The number of guanidine groups is 1. The molecule has 17 heteroatoms. The van der Waals surface area contributed by atoms with Gasteiger partial charge in [0.1, 0.15) is 18.1 Å². The third-order valence-corrected chi connectivity index (χ3v) is 4.78. The summed E-state index contributed by atoms with van der Waals surface area (Å²) in [6.45, 7) is 0.136. The number of carboxylic acid groups (broad SMARTS) is 2. The highest BCUT2D eigenvalue weighted by Gasteiger charge is 2.30. The van der Waals surface area contributed by atoms with Gasteiger partial charge < -0.3 is 49.1 Å². The Balaban J connectivity index is 5.27. The van der Waals surface area contributed by atoms with Crippen LogP contribution in [0.3, 0.4) is 0 Å². The van der Waals surface area contributed by atoms with E-state index in [-0.39, 0.29) is 37.5 Å². The average molecular weight is 521 g/mol. The molecule has 0 saturated carbocycles. The van der Waals surface area contributed by atoms with E-state index in [1.54, 1.807) is 0 Å². The second kappa shape index (κ2) is 16.1. The molecule has 0 radical (unpaired) electrons. The minimum absolute atomic E-state index is 0.0138. The number of aliphatic carboxylic acids is 2. The van der Waals surface area contributed by atoms with Gasteiger partial charge in [-0.15, -0.1) is 0 Å². The van der Waals surface area contributed by atoms with Gasteiger partial charge >= 0.3 is 11.9 Å².